The van der Waals surface area contributed by atoms with Crippen LogP contribution in [0, 0.1) is 17.1 Å². The zero-order valence-corrected chi connectivity index (χ0v) is 10.9. The molecule has 1 heterocycles. The molecule has 0 aliphatic carbocycles. The third-order valence-corrected chi connectivity index (χ3v) is 4.82. The highest BCUT2D eigenvalue weighted by atomic mass is 32.2. The molecule has 0 aromatic heterocycles. The van der Waals surface area contributed by atoms with Crippen LogP contribution in [0.1, 0.15) is 18.1 Å². The second-order valence-corrected chi connectivity index (χ2v) is 5.99. The molecule has 2 nitrogen and oxygen atoms in total. The number of benzene rings is 1. The van der Waals surface area contributed by atoms with Gasteiger partial charge in [-0.25, -0.2) is 4.39 Å². The van der Waals surface area contributed by atoms with E-state index >= 15 is 0 Å². The van der Waals surface area contributed by atoms with Crippen LogP contribution in [-0.4, -0.2) is 16.2 Å². The first-order chi connectivity index (χ1) is 8.19. The molecule has 0 saturated heterocycles. The van der Waals surface area contributed by atoms with Gasteiger partial charge in [-0.1, -0.05) is 29.6 Å². The molecule has 1 unspecified atom stereocenters. The number of nitriles is 1. The summed E-state index contributed by atoms with van der Waals surface area (Å²) in [5, 5.41) is 8.64. The van der Waals surface area contributed by atoms with Crippen LogP contribution in [0.25, 0.3) is 0 Å². The molecule has 5 heteroatoms. The predicted molar refractivity (Wildman–Crippen MR) is 71.8 cm³/mol. The minimum absolute atomic E-state index is 0.312. The van der Waals surface area contributed by atoms with E-state index in [2.05, 4.69) is 11.9 Å². The number of rotatable bonds is 2. The minimum atomic E-state index is -0.312. The average Bonchev–Trinajstić information content (AvgIpc) is 2.73. The van der Waals surface area contributed by atoms with Gasteiger partial charge in [-0.05, 0) is 24.6 Å². The molecule has 1 atom stereocenters. The van der Waals surface area contributed by atoms with Gasteiger partial charge in [-0.15, -0.1) is 0 Å². The fourth-order valence-corrected chi connectivity index (χ4v) is 3.59. The zero-order chi connectivity index (χ0) is 12.3. The van der Waals surface area contributed by atoms with Gasteiger partial charge < -0.3 is 0 Å². The van der Waals surface area contributed by atoms with Crippen molar-refractivity contribution >= 4 is 27.9 Å². The first kappa shape index (κ1) is 12.5. The summed E-state index contributed by atoms with van der Waals surface area (Å²) in [6.45, 7) is 2.07. The second kappa shape index (κ2) is 5.56. The van der Waals surface area contributed by atoms with Crippen LogP contribution in [-0.2, 0) is 5.75 Å². The lowest BCUT2D eigenvalue weighted by molar-refractivity contribution is 0.617. The van der Waals surface area contributed by atoms with E-state index in [0.29, 0.717) is 22.9 Å². The summed E-state index contributed by atoms with van der Waals surface area (Å²) in [6, 6.07) is 6.89. The Balaban J connectivity index is 2.00. The summed E-state index contributed by atoms with van der Waals surface area (Å²) in [7, 11) is 0. The van der Waals surface area contributed by atoms with E-state index in [1.54, 1.807) is 35.7 Å². The van der Waals surface area contributed by atoms with Crippen molar-refractivity contribution in [1.29, 1.82) is 5.26 Å². The molecule has 0 radical (unpaired) electrons. The fourth-order valence-electron chi connectivity index (χ4n) is 1.40. The Kier molecular flexibility index (Phi) is 4.08. The monoisotopic (exact) mass is 266 g/mol. The molecule has 1 aromatic carbocycles. The van der Waals surface area contributed by atoms with E-state index in [1.165, 1.54) is 6.07 Å². The molecule has 17 heavy (non-hydrogen) atoms. The molecule has 1 aliphatic rings. The van der Waals surface area contributed by atoms with E-state index in [0.717, 1.165) is 10.1 Å². The lowest BCUT2D eigenvalue weighted by Gasteiger charge is -2.02. The zero-order valence-electron chi connectivity index (χ0n) is 9.31. The minimum Gasteiger partial charge on any atom is -0.268 e. The van der Waals surface area contributed by atoms with Crippen LogP contribution >= 0.6 is 23.5 Å². The van der Waals surface area contributed by atoms with Gasteiger partial charge in [-0.3, -0.25) is 4.99 Å². The van der Waals surface area contributed by atoms with E-state index in [4.69, 9.17) is 5.26 Å². The van der Waals surface area contributed by atoms with E-state index in [1.807, 2.05) is 6.07 Å². The van der Waals surface area contributed by atoms with Crippen LogP contribution < -0.4 is 0 Å². The highest BCUT2D eigenvalue weighted by Gasteiger charge is 2.15. The molecule has 0 bridgehead atoms. The summed E-state index contributed by atoms with van der Waals surface area (Å²) >= 11 is 3.28. The summed E-state index contributed by atoms with van der Waals surface area (Å²) in [5.41, 5.74) is 0.981. The first-order valence-corrected chi connectivity index (χ1v) is 7.18. The maximum absolute atomic E-state index is 13.6. The third kappa shape index (κ3) is 3.24. The van der Waals surface area contributed by atoms with Crippen molar-refractivity contribution in [2.75, 3.05) is 5.75 Å². The van der Waals surface area contributed by atoms with Gasteiger partial charge in [0, 0.05) is 11.5 Å². The topological polar surface area (TPSA) is 36.1 Å². The van der Waals surface area contributed by atoms with Crippen molar-refractivity contribution in [1.82, 2.24) is 0 Å². The maximum Gasteiger partial charge on any atom is 0.128 e. The van der Waals surface area contributed by atoms with E-state index in [-0.39, 0.29) is 5.82 Å². The van der Waals surface area contributed by atoms with Crippen molar-refractivity contribution in [3.8, 4) is 6.07 Å². The van der Waals surface area contributed by atoms with Crippen molar-refractivity contribution in [2.24, 2.45) is 4.99 Å². The summed E-state index contributed by atoms with van der Waals surface area (Å²) < 4.78 is 14.6. The van der Waals surface area contributed by atoms with E-state index < -0.39 is 0 Å². The number of hydrogen-bond donors (Lipinski definition) is 0. The van der Waals surface area contributed by atoms with Gasteiger partial charge in [-0.2, -0.15) is 5.26 Å². The molecule has 0 amide bonds. The Morgan fingerprint density at radius 2 is 2.47 bits per heavy atom. The normalized spacial score (nSPS) is 18.9. The quantitative estimate of drug-likeness (QED) is 0.823. The van der Waals surface area contributed by atoms with Gasteiger partial charge in [0.2, 0.25) is 0 Å². The Hall–Kier alpha value is -0.990. The SMILES string of the molecule is CC1CSC(SCc2ccc(C#N)cc2F)=N1. The number of halogens is 1. The molecule has 1 aromatic rings. The summed E-state index contributed by atoms with van der Waals surface area (Å²) in [6.07, 6.45) is 0. The maximum atomic E-state index is 13.6. The van der Waals surface area contributed by atoms with Crippen LogP contribution in [0.2, 0.25) is 0 Å². The first-order valence-electron chi connectivity index (χ1n) is 5.21. The van der Waals surface area contributed by atoms with Gasteiger partial charge in [0.1, 0.15) is 10.2 Å². The van der Waals surface area contributed by atoms with Crippen molar-refractivity contribution in [3.05, 3.63) is 35.1 Å². The average molecular weight is 266 g/mol. The summed E-state index contributed by atoms with van der Waals surface area (Å²) in [5.74, 6) is 1.27. The molecular weight excluding hydrogens is 255 g/mol. The Morgan fingerprint density at radius 1 is 1.65 bits per heavy atom. The van der Waals surface area contributed by atoms with Crippen molar-refractivity contribution < 1.29 is 4.39 Å². The second-order valence-electron chi connectivity index (χ2n) is 3.76. The number of nitrogens with zero attached hydrogens (tertiary/aromatic N) is 2. The standard InChI is InChI=1S/C12H11FN2S2/c1-8-6-16-12(15-8)17-7-10-3-2-9(5-14)4-11(10)13/h2-4,8H,6-7H2,1H3. The molecule has 2 rings (SSSR count). The Labute approximate surface area is 108 Å². The van der Waals surface area contributed by atoms with Crippen LogP contribution in [0.3, 0.4) is 0 Å². The summed E-state index contributed by atoms with van der Waals surface area (Å²) in [4.78, 5) is 4.43. The lowest BCUT2D eigenvalue weighted by Crippen LogP contribution is -1.92. The van der Waals surface area contributed by atoms with Crippen molar-refractivity contribution in [2.45, 2.75) is 18.7 Å². The van der Waals surface area contributed by atoms with Crippen LogP contribution in [0.4, 0.5) is 4.39 Å². The lowest BCUT2D eigenvalue weighted by atomic mass is 10.1. The molecule has 0 fully saturated rings. The van der Waals surface area contributed by atoms with E-state index in [9.17, 15) is 4.39 Å². The van der Waals surface area contributed by atoms with Gasteiger partial charge in [0.05, 0.1) is 17.7 Å². The van der Waals surface area contributed by atoms with Gasteiger partial charge in [0.15, 0.2) is 0 Å². The number of aliphatic imine (C=N–C) groups is 1. The van der Waals surface area contributed by atoms with Gasteiger partial charge in [0.25, 0.3) is 0 Å². The van der Waals surface area contributed by atoms with Crippen molar-refractivity contribution in [3.63, 3.8) is 0 Å². The van der Waals surface area contributed by atoms with Gasteiger partial charge >= 0.3 is 0 Å². The molecule has 88 valence electrons. The predicted octanol–water partition coefficient (Wildman–Crippen LogP) is 3.42. The third-order valence-electron chi connectivity index (χ3n) is 2.31. The molecule has 0 spiro atoms. The molecule has 0 N–H and O–H groups in total. The van der Waals surface area contributed by atoms with Crippen LogP contribution in [0.5, 0.6) is 0 Å². The molecular formula is C12H11FN2S2. The molecule has 0 saturated carbocycles. The fraction of sp³-hybridized carbons (Fsp3) is 0.333. The Morgan fingerprint density at radius 3 is 3.06 bits per heavy atom. The highest BCUT2D eigenvalue weighted by Crippen LogP contribution is 2.28. The van der Waals surface area contributed by atoms with Crippen LogP contribution in [0.15, 0.2) is 23.2 Å². The molecule has 1 aliphatic heterocycles. The largest absolute Gasteiger partial charge is 0.268 e. The highest BCUT2D eigenvalue weighted by molar-refractivity contribution is 8.38. The Bertz CT molecular complexity index is 494. The number of hydrogen-bond acceptors (Lipinski definition) is 4. The number of thioether (sulfide) groups is 2. The smallest absolute Gasteiger partial charge is 0.128 e.